The van der Waals surface area contributed by atoms with Gasteiger partial charge in [-0.1, -0.05) is 56.3 Å². The van der Waals surface area contributed by atoms with Gasteiger partial charge in [0.15, 0.2) is 0 Å². The second-order valence-electron chi connectivity index (χ2n) is 5.45. The molecule has 0 spiro atoms. The fourth-order valence-electron chi connectivity index (χ4n) is 1.97. The number of benzene rings is 2. The number of hydrazone groups is 1. The molecule has 2 rings (SSSR count). The van der Waals surface area contributed by atoms with Crippen LogP contribution in [0.2, 0.25) is 0 Å². The minimum Gasteiger partial charge on any atom is -0.507 e. The Morgan fingerprint density at radius 3 is 2.48 bits per heavy atom. The largest absolute Gasteiger partial charge is 0.507 e. The van der Waals surface area contributed by atoms with Crippen molar-refractivity contribution in [3.05, 3.63) is 71.3 Å². The number of carbonyl (C=O) groups is 1. The van der Waals surface area contributed by atoms with Crippen molar-refractivity contribution in [2.75, 3.05) is 0 Å². The number of hydrogen-bond donors (Lipinski definition) is 2. The van der Waals surface area contributed by atoms with Crippen LogP contribution >= 0.6 is 0 Å². The van der Waals surface area contributed by atoms with Crippen molar-refractivity contribution in [3.8, 4) is 5.75 Å². The van der Waals surface area contributed by atoms with Crippen LogP contribution < -0.4 is 5.43 Å². The van der Waals surface area contributed by atoms with E-state index in [2.05, 4.69) is 24.4 Å². The summed E-state index contributed by atoms with van der Waals surface area (Å²) in [6.45, 7) is 4.28. The summed E-state index contributed by atoms with van der Waals surface area (Å²) in [6.07, 6.45) is 4.46. The Hall–Kier alpha value is -2.88. The number of para-hydroxylation sites is 1. The number of phenols is 1. The Bertz CT molecular complexity index is 716. The van der Waals surface area contributed by atoms with Crippen LogP contribution in [0.25, 0.3) is 6.08 Å². The minimum atomic E-state index is -0.358. The van der Waals surface area contributed by atoms with E-state index in [1.807, 2.05) is 24.3 Å². The van der Waals surface area contributed by atoms with Gasteiger partial charge < -0.3 is 5.11 Å². The molecule has 0 unspecified atom stereocenters. The molecule has 0 radical (unpaired) electrons. The lowest BCUT2D eigenvalue weighted by Crippen LogP contribution is -2.14. The quantitative estimate of drug-likeness (QED) is 0.503. The number of nitrogens with zero attached hydrogens (tertiary/aromatic N) is 1. The van der Waals surface area contributed by atoms with E-state index in [0.29, 0.717) is 11.5 Å². The lowest BCUT2D eigenvalue weighted by molar-refractivity contribution is -0.116. The number of nitrogens with one attached hydrogen (secondary N) is 1. The fourth-order valence-corrected chi connectivity index (χ4v) is 1.97. The van der Waals surface area contributed by atoms with Crippen LogP contribution in [0, 0.1) is 0 Å². The Labute approximate surface area is 136 Å². The maximum absolute atomic E-state index is 11.7. The summed E-state index contributed by atoms with van der Waals surface area (Å²) in [6, 6.07) is 14.8. The van der Waals surface area contributed by atoms with Crippen molar-refractivity contribution in [3.63, 3.8) is 0 Å². The highest BCUT2D eigenvalue weighted by atomic mass is 16.3. The third kappa shape index (κ3) is 5.11. The van der Waals surface area contributed by atoms with Gasteiger partial charge in [0, 0.05) is 11.6 Å². The molecule has 0 saturated carbocycles. The fraction of sp³-hybridized carbons (Fsp3) is 0.158. The zero-order valence-electron chi connectivity index (χ0n) is 13.2. The Kier molecular flexibility index (Phi) is 5.69. The predicted molar refractivity (Wildman–Crippen MR) is 93.4 cm³/mol. The molecular weight excluding hydrogens is 288 g/mol. The maximum Gasteiger partial charge on any atom is 0.264 e. The SMILES string of the molecule is CC(C)c1ccc(C=NNC(=O)C=Cc2ccccc2O)cc1. The second kappa shape index (κ2) is 7.94. The molecule has 0 aromatic heterocycles. The molecule has 0 aliphatic rings. The molecule has 0 atom stereocenters. The summed E-state index contributed by atoms with van der Waals surface area (Å²) in [4.78, 5) is 11.7. The van der Waals surface area contributed by atoms with Crippen LogP contribution in [-0.4, -0.2) is 17.2 Å². The molecule has 0 bridgehead atoms. The first-order valence-electron chi connectivity index (χ1n) is 7.45. The van der Waals surface area contributed by atoms with Crippen LogP contribution in [-0.2, 0) is 4.79 Å². The molecule has 0 saturated heterocycles. The van der Waals surface area contributed by atoms with Crippen LogP contribution in [0.5, 0.6) is 5.75 Å². The van der Waals surface area contributed by atoms with Gasteiger partial charge in [-0.25, -0.2) is 5.43 Å². The Balaban J connectivity index is 1.90. The first kappa shape index (κ1) is 16.5. The topological polar surface area (TPSA) is 61.7 Å². The van der Waals surface area contributed by atoms with Gasteiger partial charge in [0.05, 0.1) is 6.21 Å². The summed E-state index contributed by atoms with van der Waals surface area (Å²) >= 11 is 0. The van der Waals surface area contributed by atoms with Crippen molar-refractivity contribution in [1.29, 1.82) is 0 Å². The lowest BCUT2D eigenvalue weighted by atomic mass is 10.0. The normalized spacial score (nSPS) is 11.4. The van der Waals surface area contributed by atoms with E-state index in [0.717, 1.165) is 5.56 Å². The monoisotopic (exact) mass is 308 g/mol. The van der Waals surface area contributed by atoms with Gasteiger partial charge in [-0.05, 0) is 29.2 Å². The Morgan fingerprint density at radius 2 is 1.83 bits per heavy atom. The average Bonchev–Trinajstić information content (AvgIpc) is 2.54. The van der Waals surface area contributed by atoms with Crippen LogP contribution in [0.4, 0.5) is 0 Å². The molecular formula is C19H20N2O2. The molecule has 0 aliphatic heterocycles. The van der Waals surface area contributed by atoms with E-state index in [4.69, 9.17) is 0 Å². The molecule has 0 fully saturated rings. The van der Waals surface area contributed by atoms with Crippen molar-refractivity contribution >= 4 is 18.2 Å². The van der Waals surface area contributed by atoms with Crippen LogP contribution in [0.15, 0.2) is 59.7 Å². The van der Waals surface area contributed by atoms with Gasteiger partial charge in [0.25, 0.3) is 5.91 Å². The Morgan fingerprint density at radius 1 is 1.13 bits per heavy atom. The van der Waals surface area contributed by atoms with E-state index in [-0.39, 0.29) is 11.7 Å². The highest BCUT2D eigenvalue weighted by Crippen LogP contribution is 2.16. The number of rotatable bonds is 5. The van der Waals surface area contributed by atoms with E-state index < -0.39 is 0 Å². The number of phenolic OH excluding ortho intramolecular Hbond substituents is 1. The summed E-state index contributed by atoms with van der Waals surface area (Å²) in [7, 11) is 0. The van der Waals surface area contributed by atoms with Crippen molar-refractivity contribution in [1.82, 2.24) is 5.43 Å². The molecule has 2 N–H and O–H groups in total. The number of aromatic hydroxyl groups is 1. The first-order chi connectivity index (χ1) is 11.1. The third-order valence-electron chi connectivity index (χ3n) is 3.34. The number of hydrogen-bond acceptors (Lipinski definition) is 3. The van der Waals surface area contributed by atoms with Gasteiger partial charge in [0.1, 0.15) is 5.75 Å². The van der Waals surface area contributed by atoms with Crippen molar-refractivity contribution in [2.45, 2.75) is 19.8 Å². The van der Waals surface area contributed by atoms with E-state index in [1.54, 1.807) is 30.5 Å². The second-order valence-corrected chi connectivity index (χ2v) is 5.45. The molecule has 2 aromatic carbocycles. The molecule has 0 aliphatic carbocycles. The molecule has 118 valence electrons. The predicted octanol–water partition coefficient (Wildman–Crippen LogP) is 3.68. The molecule has 4 nitrogen and oxygen atoms in total. The van der Waals surface area contributed by atoms with Crippen molar-refractivity contribution in [2.24, 2.45) is 5.10 Å². The van der Waals surface area contributed by atoms with Gasteiger partial charge in [-0.15, -0.1) is 0 Å². The zero-order valence-corrected chi connectivity index (χ0v) is 13.2. The maximum atomic E-state index is 11.7. The smallest absolute Gasteiger partial charge is 0.264 e. The van der Waals surface area contributed by atoms with Crippen molar-refractivity contribution < 1.29 is 9.90 Å². The molecule has 0 heterocycles. The van der Waals surface area contributed by atoms with E-state index >= 15 is 0 Å². The van der Waals surface area contributed by atoms with Gasteiger partial charge >= 0.3 is 0 Å². The minimum absolute atomic E-state index is 0.130. The summed E-state index contributed by atoms with van der Waals surface area (Å²) in [5.74, 6) is 0.258. The molecule has 23 heavy (non-hydrogen) atoms. The zero-order chi connectivity index (χ0) is 16.7. The van der Waals surface area contributed by atoms with Gasteiger partial charge in [-0.2, -0.15) is 5.10 Å². The molecule has 2 aromatic rings. The molecule has 4 heteroatoms. The summed E-state index contributed by atoms with van der Waals surface area (Å²) < 4.78 is 0. The highest BCUT2D eigenvalue weighted by molar-refractivity contribution is 5.92. The van der Waals surface area contributed by atoms with Gasteiger partial charge in [0.2, 0.25) is 0 Å². The van der Waals surface area contributed by atoms with Crippen LogP contribution in [0.3, 0.4) is 0 Å². The van der Waals surface area contributed by atoms with Gasteiger partial charge in [-0.3, -0.25) is 4.79 Å². The van der Waals surface area contributed by atoms with E-state index in [9.17, 15) is 9.90 Å². The standard InChI is InChI=1S/C19H20N2O2/c1-14(2)16-9-7-15(8-10-16)13-20-21-19(23)12-11-17-5-3-4-6-18(17)22/h3-14,22H,1-2H3,(H,21,23). The lowest BCUT2D eigenvalue weighted by Gasteiger charge is -2.04. The summed E-state index contributed by atoms with van der Waals surface area (Å²) in [5, 5.41) is 13.5. The molecule has 1 amide bonds. The number of amides is 1. The average molecular weight is 308 g/mol. The highest BCUT2D eigenvalue weighted by Gasteiger charge is 1.98. The third-order valence-corrected chi connectivity index (χ3v) is 3.34. The summed E-state index contributed by atoms with van der Waals surface area (Å²) in [5.41, 5.74) is 5.18. The van der Waals surface area contributed by atoms with E-state index in [1.165, 1.54) is 17.7 Å². The van der Waals surface area contributed by atoms with Crippen LogP contribution in [0.1, 0.15) is 36.5 Å². The number of carbonyl (C=O) groups excluding carboxylic acids is 1. The first-order valence-corrected chi connectivity index (χ1v) is 7.45.